The van der Waals surface area contributed by atoms with Crippen molar-refractivity contribution in [1.82, 2.24) is 0 Å². The minimum absolute atomic E-state index is 0.101. The first-order valence-corrected chi connectivity index (χ1v) is 8.74. The second kappa shape index (κ2) is 7.62. The van der Waals surface area contributed by atoms with Crippen LogP contribution in [0.5, 0.6) is 5.75 Å². The molecule has 0 spiro atoms. The van der Waals surface area contributed by atoms with E-state index >= 15 is 0 Å². The molecule has 0 N–H and O–H groups in total. The van der Waals surface area contributed by atoms with E-state index in [1.807, 2.05) is 20.8 Å². The first-order valence-electron chi connectivity index (χ1n) is 8.74. The van der Waals surface area contributed by atoms with Gasteiger partial charge in [-0.25, -0.2) is 0 Å². The van der Waals surface area contributed by atoms with Crippen molar-refractivity contribution < 1.29 is 23.8 Å². The fraction of sp³-hybridized carbons (Fsp3) is 0.524. The minimum Gasteiger partial charge on any atom is -0.497 e. The van der Waals surface area contributed by atoms with E-state index < -0.39 is 11.4 Å². The molecule has 0 bridgehead atoms. The van der Waals surface area contributed by atoms with Gasteiger partial charge in [0.15, 0.2) is 5.78 Å². The second-order valence-electron chi connectivity index (χ2n) is 7.71. The molecule has 1 aliphatic carbocycles. The number of Topliss-reactive ketones (excluding diaryl/α,β-unsaturated/α-hetero) is 1. The Hall–Kier alpha value is -2.14. The van der Waals surface area contributed by atoms with Crippen LogP contribution in [0.15, 0.2) is 36.9 Å². The van der Waals surface area contributed by atoms with Gasteiger partial charge >= 0.3 is 5.97 Å². The Labute approximate surface area is 155 Å². The Balaban J connectivity index is 2.40. The number of esters is 1. The summed E-state index contributed by atoms with van der Waals surface area (Å²) in [7, 11) is 2.87. The standard InChI is InChI=1S/C21H28O5/c1-7-14-12-21(19(23)25-6,13-17(14)26-20(2,3)4)18(22)15-8-10-16(24-5)11-9-15/h7-11,14,17H,1,12-13H2,2-6H3/t14-,17-,21?/m0/s1. The molecule has 1 aromatic rings. The summed E-state index contributed by atoms with van der Waals surface area (Å²) in [5.74, 6) is -0.224. The fourth-order valence-electron chi connectivity index (χ4n) is 3.59. The zero-order valence-corrected chi connectivity index (χ0v) is 16.2. The van der Waals surface area contributed by atoms with Crippen LogP contribution < -0.4 is 4.74 Å². The fourth-order valence-corrected chi connectivity index (χ4v) is 3.59. The van der Waals surface area contributed by atoms with Gasteiger partial charge in [-0.1, -0.05) is 6.08 Å². The summed E-state index contributed by atoms with van der Waals surface area (Å²) >= 11 is 0. The van der Waals surface area contributed by atoms with Gasteiger partial charge in [-0.05, 0) is 57.9 Å². The van der Waals surface area contributed by atoms with Crippen molar-refractivity contribution in [2.45, 2.75) is 45.3 Å². The number of hydrogen-bond donors (Lipinski definition) is 0. The smallest absolute Gasteiger partial charge is 0.319 e. The van der Waals surface area contributed by atoms with E-state index in [9.17, 15) is 9.59 Å². The number of carbonyl (C=O) groups excluding carboxylic acids is 2. The zero-order valence-electron chi connectivity index (χ0n) is 16.2. The molecule has 3 atom stereocenters. The number of carbonyl (C=O) groups is 2. The lowest BCUT2D eigenvalue weighted by Crippen LogP contribution is -2.39. The van der Waals surface area contributed by atoms with E-state index in [1.54, 1.807) is 37.5 Å². The van der Waals surface area contributed by atoms with Crippen molar-refractivity contribution >= 4 is 11.8 Å². The van der Waals surface area contributed by atoms with Crippen LogP contribution in [-0.4, -0.2) is 37.7 Å². The highest BCUT2D eigenvalue weighted by molar-refractivity contribution is 6.13. The van der Waals surface area contributed by atoms with Gasteiger partial charge in [0.05, 0.1) is 25.9 Å². The normalized spacial score (nSPS) is 25.6. The molecular formula is C21H28O5. The summed E-state index contributed by atoms with van der Waals surface area (Å²) in [6.45, 7) is 9.73. The third-order valence-electron chi connectivity index (χ3n) is 4.78. The van der Waals surface area contributed by atoms with Crippen LogP contribution in [0.3, 0.4) is 0 Å². The molecule has 0 aromatic heterocycles. The molecule has 142 valence electrons. The van der Waals surface area contributed by atoms with Crippen molar-refractivity contribution in [2.24, 2.45) is 11.3 Å². The molecule has 0 saturated heterocycles. The van der Waals surface area contributed by atoms with Crippen LogP contribution in [0.4, 0.5) is 0 Å². The largest absolute Gasteiger partial charge is 0.497 e. The lowest BCUT2D eigenvalue weighted by Gasteiger charge is -2.28. The van der Waals surface area contributed by atoms with Crippen LogP contribution >= 0.6 is 0 Å². The summed E-state index contributed by atoms with van der Waals surface area (Å²) in [4.78, 5) is 26.0. The van der Waals surface area contributed by atoms with Crippen LogP contribution in [0.1, 0.15) is 44.0 Å². The Morgan fingerprint density at radius 1 is 1.15 bits per heavy atom. The monoisotopic (exact) mass is 360 g/mol. The van der Waals surface area contributed by atoms with E-state index in [4.69, 9.17) is 14.2 Å². The van der Waals surface area contributed by atoms with Gasteiger partial charge in [0.1, 0.15) is 11.2 Å². The Bertz CT molecular complexity index is 671. The molecule has 0 amide bonds. The van der Waals surface area contributed by atoms with Gasteiger partial charge in [-0.3, -0.25) is 9.59 Å². The zero-order chi connectivity index (χ0) is 19.5. The first-order chi connectivity index (χ1) is 12.2. The van der Waals surface area contributed by atoms with Gasteiger partial charge in [-0.15, -0.1) is 6.58 Å². The number of benzene rings is 1. The molecular weight excluding hydrogens is 332 g/mol. The quantitative estimate of drug-likeness (QED) is 0.334. The van der Waals surface area contributed by atoms with Crippen LogP contribution in [0.25, 0.3) is 0 Å². The molecule has 5 heteroatoms. The van der Waals surface area contributed by atoms with Crippen LogP contribution in [0.2, 0.25) is 0 Å². The lowest BCUT2D eigenvalue weighted by molar-refractivity contribution is -0.150. The van der Waals surface area contributed by atoms with Gasteiger partial charge < -0.3 is 14.2 Å². The van der Waals surface area contributed by atoms with Crippen molar-refractivity contribution in [2.75, 3.05) is 14.2 Å². The molecule has 0 heterocycles. The predicted octanol–water partition coefficient (Wildman–Crippen LogP) is 3.82. The minimum atomic E-state index is -1.27. The number of ether oxygens (including phenoxy) is 3. The molecule has 0 radical (unpaired) electrons. The summed E-state index contributed by atoms with van der Waals surface area (Å²) in [6.07, 6.45) is 2.10. The second-order valence-corrected chi connectivity index (χ2v) is 7.71. The van der Waals surface area contributed by atoms with E-state index in [1.165, 1.54) is 7.11 Å². The number of ketones is 1. The van der Waals surface area contributed by atoms with E-state index in [-0.39, 0.29) is 29.8 Å². The highest BCUT2D eigenvalue weighted by atomic mass is 16.5. The number of rotatable bonds is 6. The van der Waals surface area contributed by atoms with Crippen molar-refractivity contribution in [3.8, 4) is 5.75 Å². The third kappa shape index (κ3) is 3.98. The topological polar surface area (TPSA) is 61.8 Å². The highest BCUT2D eigenvalue weighted by Crippen LogP contribution is 2.48. The molecule has 1 saturated carbocycles. The van der Waals surface area contributed by atoms with Gasteiger partial charge in [0.25, 0.3) is 0 Å². The molecule has 1 aliphatic rings. The number of hydrogen-bond acceptors (Lipinski definition) is 5. The van der Waals surface area contributed by atoms with Crippen molar-refractivity contribution in [3.63, 3.8) is 0 Å². The van der Waals surface area contributed by atoms with Crippen molar-refractivity contribution in [3.05, 3.63) is 42.5 Å². The summed E-state index contributed by atoms with van der Waals surface area (Å²) in [6, 6.07) is 6.77. The summed E-state index contributed by atoms with van der Waals surface area (Å²) in [5, 5.41) is 0. The maximum absolute atomic E-state index is 13.3. The molecule has 5 nitrogen and oxygen atoms in total. The summed E-state index contributed by atoms with van der Waals surface area (Å²) in [5.41, 5.74) is -1.20. The third-order valence-corrected chi connectivity index (χ3v) is 4.78. The van der Waals surface area contributed by atoms with Crippen LogP contribution in [-0.2, 0) is 14.3 Å². The van der Waals surface area contributed by atoms with E-state index in [2.05, 4.69) is 6.58 Å². The molecule has 0 aliphatic heterocycles. The van der Waals surface area contributed by atoms with Crippen molar-refractivity contribution in [1.29, 1.82) is 0 Å². The van der Waals surface area contributed by atoms with Gasteiger partial charge in [0, 0.05) is 11.5 Å². The maximum atomic E-state index is 13.3. The SMILES string of the molecule is C=C[C@H]1CC(C(=O)OC)(C(=O)c2ccc(OC)cc2)C[C@@H]1OC(C)(C)C. The van der Waals surface area contributed by atoms with E-state index in [0.717, 1.165) is 0 Å². The number of methoxy groups -OCH3 is 2. The predicted molar refractivity (Wildman–Crippen MR) is 99.3 cm³/mol. The molecule has 26 heavy (non-hydrogen) atoms. The Kier molecular flexibility index (Phi) is 5.91. The first kappa shape index (κ1) is 20.2. The molecule has 1 aromatic carbocycles. The maximum Gasteiger partial charge on any atom is 0.319 e. The molecule has 1 unspecified atom stereocenters. The van der Waals surface area contributed by atoms with Gasteiger partial charge in [0.2, 0.25) is 0 Å². The highest BCUT2D eigenvalue weighted by Gasteiger charge is 2.56. The summed E-state index contributed by atoms with van der Waals surface area (Å²) < 4.78 is 16.3. The van der Waals surface area contributed by atoms with Crippen LogP contribution in [0, 0.1) is 11.3 Å². The molecule has 1 fully saturated rings. The average Bonchev–Trinajstić information content (AvgIpc) is 2.98. The average molecular weight is 360 g/mol. The lowest BCUT2D eigenvalue weighted by atomic mass is 9.78. The Morgan fingerprint density at radius 3 is 2.23 bits per heavy atom. The van der Waals surface area contributed by atoms with Gasteiger partial charge in [-0.2, -0.15) is 0 Å². The Morgan fingerprint density at radius 2 is 1.77 bits per heavy atom. The molecule has 2 rings (SSSR count). The van der Waals surface area contributed by atoms with E-state index in [0.29, 0.717) is 17.7 Å².